The van der Waals surface area contributed by atoms with Crippen molar-refractivity contribution in [3.63, 3.8) is 0 Å². The van der Waals surface area contributed by atoms with Crippen LogP contribution < -0.4 is 4.90 Å². The Morgan fingerprint density at radius 1 is 1.48 bits per heavy atom. The lowest BCUT2D eigenvalue weighted by atomic mass is 9.81. The molecule has 1 N–H and O–H groups in total. The van der Waals surface area contributed by atoms with Gasteiger partial charge in [0, 0.05) is 38.3 Å². The number of fused-ring (bicyclic) bond motifs is 1. The molecule has 2 atom stereocenters. The minimum absolute atomic E-state index is 0.0574. The fourth-order valence-corrected chi connectivity index (χ4v) is 4.72. The predicted octanol–water partition coefficient (Wildman–Crippen LogP) is 0.393. The SMILES string of the molecule is CCS(=O)(=O)N1C[C@H]2CN(c3ccncc3F)C[C@@]2(C(=O)O)C1. The van der Waals surface area contributed by atoms with Crippen molar-refractivity contribution in [2.24, 2.45) is 11.3 Å². The quantitative estimate of drug-likeness (QED) is 0.851. The first-order valence-electron chi connectivity index (χ1n) is 7.36. The summed E-state index contributed by atoms with van der Waals surface area (Å²) < 4.78 is 39.3. The first kappa shape index (κ1) is 16.1. The number of pyridine rings is 1. The molecule has 2 aliphatic rings. The van der Waals surface area contributed by atoms with E-state index in [0.29, 0.717) is 12.2 Å². The number of rotatable bonds is 4. The van der Waals surface area contributed by atoms with Gasteiger partial charge in [-0.3, -0.25) is 9.78 Å². The molecule has 0 radical (unpaired) electrons. The van der Waals surface area contributed by atoms with E-state index in [1.165, 1.54) is 23.5 Å². The first-order valence-corrected chi connectivity index (χ1v) is 8.97. The van der Waals surface area contributed by atoms with Crippen molar-refractivity contribution in [3.05, 3.63) is 24.3 Å². The molecule has 2 fully saturated rings. The summed E-state index contributed by atoms with van der Waals surface area (Å²) in [4.78, 5) is 17.2. The Bertz CT molecular complexity index is 741. The van der Waals surface area contributed by atoms with Gasteiger partial charge in [-0.2, -0.15) is 0 Å². The second kappa shape index (κ2) is 5.41. The van der Waals surface area contributed by atoms with Crippen LogP contribution >= 0.6 is 0 Å². The van der Waals surface area contributed by atoms with Gasteiger partial charge in [-0.15, -0.1) is 0 Å². The van der Waals surface area contributed by atoms with Gasteiger partial charge in [-0.05, 0) is 13.0 Å². The van der Waals surface area contributed by atoms with Crippen LogP contribution in [0.15, 0.2) is 18.5 Å². The molecule has 0 amide bonds. The maximum atomic E-state index is 13.9. The topological polar surface area (TPSA) is 90.8 Å². The maximum absolute atomic E-state index is 13.9. The molecule has 3 rings (SSSR count). The standard InChI is InChI=1S/C14H18FN3O4S/c1-2-23(21,22)18-7-10-6-17(8-14(10,9-18)13(19)20)12-3-4-16-5-11(12)15/h3-5,10H,2,6-9H2,1H3,(H,19,20)/t10-,14-/m1/s1. The monoisotopic (exact) mass is 343 g/mol. The molecule has 1 aromatic rings. The first-order chi connectivity index (χ1) is 10.8. The third-order valence-electron chi connectivity index (χ3n) is 4.85. The lowest BCUT2D eigenvalue weighted by Crippen LogP contribution is -2.42. The van der Waals surface area contributed by atoms with Crippen LogP contribution in [0, 0.1) is 17.2 Å². The Kier molecular flexibility index (Phi) is 3.80. The number of anilines is 1. The molecule has 0 bridgehead atoms. The van der Waals surface area contributed by atoms with Gasteiger partial charge in [0.25, 0.3) is 0 Å². The zero-order valence-electron chi connectivity index (χ0n) is 12.6. The highest BCUT2D eigenvalue weighted by Crippen LogP contribution is 2.45. The number of carboxylic acid groups (broad SMARTS) is 1. The van der Waals surface area contributed by atoms with Crippen LogP contribution in [0.4, 0.5) is 10.1 Å². The zero-order chi connectivity index (χ0) is 16.8. The van der Waals surface area contributed by atoms with Crippen molar-refractivity contribution < 1.29 is 22.7 Å². The van der Waals surface area contributed by atoms with E-state index in [0.717, 1.165) is 6.20 Å². The van der Waals surface area contributed by atoms with Crippen LogP contribution in [0.25, 0.3) is 0 Å². The lowest BCUT2D eigenvalue weighted by Gasteiger charge is -2.26. The molecular formula is C14H18FN3O4S. The summed E-state index contributed by atoms with van der Waals surface area (Å²) in [6, 6.07) is 1.51. The van der Waals surface area contributed by atoms with E-state index < -0.39 is 27.2 Å². The molecule has 0 saturated carbocycles. The van der Waals surface area contributed by atoms with Gasteiger partial charge in [0.05, 0.1) is 17.6 Å². The van der Waals surface area contributed by atoms with Crippen LogP contribution in [0.5, 0.6) is 0 Å². The Morgan fingerprint density at radius 2 is 2.22 bits per heavy atom. The van der Waals surface area contributed by atoms with Gasteiger partial charge < -0.3 is 10.0 Å². The van der Waals surface area contributed by atoms with Crippen molar-refractivity contribution in [1.29, 1.82) is 0 Å². The van der Waals surface area contributed by atoms with Crippen molar-refractivity contribution >= 4 is 21.7 Å². The number of sulfonamides is 1. The molecular weight excluding hydrogens is 325 g/mol. The Labute approximate surface area is 133 Å². The molecule has 0 aliphatic carbocycles. The van der Waals surface area contributed by atoms with E-state index in [9.17, 15) is 22.7 Å². The highest BCUT2D eigenvalue weighted by molar-refractivity contribution is 7.89. The minimum atomic E-state index is -3.43. The van der Waals surface area contributed by atoms with Crippen LogP contribution in [-0.4, -0.2) is 60.7 Å². The number of aromatic nitrogens is 1. The van der Waals surface area contributed by atoms with E-state index in [1.807, 2.05) is 0 Å². The van der Waals surface area contributed by atoms with Gasteiger partial charge in [-0.25, -0.2) is 17.1 Å². The number of hydrogen-bond donors (Lipinski definition) is 1. The number of hydrogen-bond acceptors (Lipinski definition) is 5. The lowest BCUT2D eigenvalue weighted by molar-refractivity contribution is -0.148. The smallest absolute Gasteiger partial charge is 0.313 e. The molecule has 1 aromatic heterocycles. The third kappa shape index (κ3) is 2.47. The third-order valence-corrected chi connectivity index (χ3v) is 6.65. The molecule has 2 aliphatic heterocycles. The van der Waals surface area contributed by atoms with Gasteiger partial charge >= 0.3 is 5.97 Å². The molecule has 0 aromatic carbocycles. The molecule has 3 heterocycles. The summed E-state index contributed by atoms with van der Waals surface area (Å²) in [5.74, 6) is -1.97. The molecule has 0 unspecified atom stereocenters. The van der Waals surface area contributed by atoms with Crippen molar-refractivity contribution in [2.75, 3.05) is 36.8 Å². The van der Waals surface area contributed by atoms with Gasteiger partial charge in [0.1, 0.15) is 5.41 Å². The summed E-state index contributed by atoms with van der Waals surface area (Å²) in [5, 5.41) is 9.71. The highest BCUT2D eigenvalue weighted by Gasteiger charge is 2.59. The maximum Gasteiger partial charge on any atom is 0.313 e. The molecule has 7 nitrogen and oxygen atoms in total. The van der Waals surface area contributed by atoms with E-state index >= 15 is 0 Å². The second-order valence-corrected chi connectivity index (χ2v) is 8.32. The fourth-order valence-electron chi connectivity index (χ4n) is 3.52. The number of carbonyl (C=O) groups is 1. The number of halogens is 1. The summed E-state index contributed by atoms with van der Waals surface area (Å²) in [5.41, 5.74) is -0.891. The van der Waals surface area contributed by atoms with Crippen molar-refractivity contribution in [3.8, 4) is 0 Å². The zero-order valence-corrected chi connectivity index (χ0v) is 13.5. The molecule has 2 saturated heterocycles. The fraction of sp³-hybridized carbons (Fsp3) is 0.571. The summed E-state index contributed by atoms with van der Waals surface area (Å²) in [7, 11) is -3.43. The molecule has 9 heteroatoms. The number of nitrogens with zero attached hydrogens (tertiary/aromatic N) is 3. The van der Waals surface area contributed by atoms with E-state index in [-0.39, 0.29) is 31.3 Å². The van der Waals surface area contributed by atoms with Crippen molar-refractivity contribution in [1.82, 2.24) is 9.29 Å². The average molecular weight is 343 g/mol. The molecule has 126 valence electrons. The Balaban J connectivity index is 1.91. The van der Waals surface area contributed by atoms with E-state index in [1.54, 1.807) is 4.90 Å². The second-order valence-electron chi connectivity index (χ2n) is 6.06. The molecule has 0 spiro atoms. The Hall–Kier alpha value is -1.74. The summed E-state index contributed by atoms with van der Waals surface area (Å²) in [6.45, 7) is 2.03. The van der Waals surface area contributed by atoms with E-state index in [4.69, 9.17) is 0 Å². The summed E-state index contributed by atoms with van der Waals surface area (Å²) >= 11 is 0. The minimum Gasteiger partial charge on any atom is -0.481 e. The number of aliphatic carboxylic acids is 1. The van der Waals surface area contributed by atoms with E-state index in [2.05, 4.69) is 4.98 Å². The van der Waals surface area contributed by atoms with Crippen LogP contribution in [-0.2, 0) is 14.8 Å². The number of carboxylic acids is 1. The van der Waals surface area contributed by atoms with Crippen LogP contribution in [0.1, 0.15) is 6.92 Å². The molecule has 23 heavy (non-hydrogen) atoms. The van der Waals surface area contributed by atoms with Crippen LogP contribution in [0.3, 0.4) is 0 Å². The largest absolute Gasteiger partial charge is 0.481 e. The summed E-state index contributed by atoms with van der Waals surface area (Å²) in [6.07, 6.45) is 2.54. The van der Waals surface area contributed by atoms with Gasteiger partial charge in [-0.1, -0.05) is 0 Å². The highest BCUT2D eigenvalue weighted by atomic mass is 32.2. The van der Waals surface area contributed by atoms with Gasteiger partial charge in [0.15, 0.2) is 5.82 Å². The Morgan fingerprint density at radius 3 is 2.78 bits per heavy atom. The predicted molar refractivity (Wildman–Crippen MR) is 81.0 cm³/mol. The normalized spacial score (nSPS) is 28.1. The van der Waals surface area contributed by atoms with Gasteiger partial charge in [0.2, 0.25) is 10.0 Å². The average Bonchev–Trinajstić information content (AvgIpc) is 3.03. The van der Waals surface area contributed by atoms with Crippen LogP contribution in [0.2, 0.25) is 0 Å². The van der Waals surface area contributed by atoms with Crippen molar-refractivity contribution in [2.45, 2.75) is 6.92 Å².